The monoisotopic (exact) mass is 539 g/mol. The molecule has 1 aromatic carbocycles. The number of carbonyl (C=O) groups excluding carboxylic acids is 1. The van der Waals surface area contributed by atoms with Gasteiger partial charge in [0.05, 0.1) is 5.56 Å². The number of ether oxygens (including phenoxy) is 1. The van der Waals surface area contributed by atoms with Gasteiger partial charge in [-0.1, -0.05) is 6.07 Å². The Bertz CT molecular complexity index is 897. The van der Waals surface area contributed by atoms with E-state index in [9.17, 15) is 49.1 Å². The molecule has 1 fully saturated rings. The van der Waals surface area contributed by atoms with Crippen LogP contribution in [-0.4, -0.2) is 78.1 Å². The molecule has 0 spiro atoms. The van der Waals surface area contributed by atoms with Gasteiger partial charge in [-0.15, -0.1) is 0 Å². The third kappa shape index (κ3) is 8.64. The van der Waals surface area contributed by atoms with E-state index in [0.717, 1.165) is 12.1 Å². The van der Waals surface area contributed by atoms with Crippen molar-refractivity contribution in [3.8, 4) is 0 Å². The number of carboxylic acids is 1. The van der Waals surface area contributed by atoms with E-state index < -0.39 is 42.3 Å². The second-order valence-corrected chi connectivity index (χ2v) is 7.90. The van der Waals surface area contributed by atoms with Crippen molar-refractivity contribution in [2.45, 2.75) is 44.0 Å². The lowest BCUT2D eigenvalue weighted by Gasteiger charge is -2.35. The smallest absolute Gasteiger partial charge is 0.434 e. The highest BCUT2D eigenvalue weighted by Crippen LogP contribution is 2.36. The minimum absolute atomic E-state index is 0.00270. The molecule has 0 radical (unpaired) electrons. The molecule has 0 bridgehead atoms. The number of amides is 1. The highest BCUT2D eigenvalue weighted by molar-refractivity contribution is 5.68. The van der Waals surface area contributed by atoms with E-state index in [1.165, 1.54) is 6.07 Å². The quantitative estimate of drug-likeness (QED) is 0.368. The Hall–Kier alpha value is -2.91. The van der Waals surface area contributed by atoms with Gasteiger partial charge >= 0.3 is 30.6 Å². The van der Waals surface area contributed by atoms with Crippen LogP contribution >= 0.6 is 0 Å². The van der Waals surface area contributed by atoms with Gasteiger partial charge in [0.25, 0.3) is 6.10 Å². The molecule has 0 unspecified atom stereocenters. The average molecular weight is 539 g/mol. The van der Waals surface area contributed by atoms with Crippen LogP contribution in [0.25, 0.3) is 0 Å². The van der Waals surface area contributed by atoms with Crippen LogP contribution in [0.1, 0.15) is 24.0 Å². The van der Waals surface area contributed by atoms with Crippen LogP contribution in [0.5, 0.6) is 0 Å². The number of nitrogens with zero attached hydrogens (tertiary/aromatic N) is 2. The van der Waals surface area contributed by atoms with Crippen molar-refractivity contribution in [2.75, 3.05) is 38.0 Å². The number of hydrogen-bond donors (Lipinski definition) is 2. The Morgan fingerprint density at radius 1 is 0.972 bits per heavy atom. The van der Waals surface area contributed by atoms with Gasteiger partial charge < -0.3 is 20.1 Å². The second-order valence-electron chi connectivity index (χ2n) is 7.90. The molecule has 1 aromatic rings. The Balaban J connectivity index is 2.03. The largest absolute Gasteiger partial charge is 0.481 e. The van der Waals surface area contributed by atoms with Crippen LogP contribution < -0.4 is 5.32 Å². The van der Waals surface area contributed by atoms with Crippen LogP contribution in [0.15, 0.2) is 18.2 Å². The fraction of sp³-hybridized carbons (Fsp3) is 0.600. The number of benzene rings is 1. The number of anilines is 1. The van der Waals surface area contributed by atoms with Crippen LogP contribution in [0.3, 0.4) is 0 Å². The molecule has 7 nitrogen and oxygen atoms in total. The van der Waals surface area contributed by atoms with Gasteiger partial charge in [-0.2, -0.15) is 39.5 Å². The highest BCUT2D eigenvalue weighted by atomic mass is 19.4. The third-order valence-corrected chi connectivity index (χ3v) is 5.16. The van der Waals surface area contributed by atoms with Crippen molar-refractivity contribution in [3.05, 3.63) is 29.3 Å². The number of piperazine rings is 1. The van der Waals surface area contributed by atoms with Gasteiger partial charge in [0, 0.05) is 51.4 Å². The summed E-state index contributed by atoms with van der Waals surface area (Å²) in [7, 11) is 0. The Morgan fingerprint density at radius 3 is 2.06 bits per heavy atom. The van der Waals surface area contributed by atoms with Crippen molar-refractivity contribution < 1.29 is 58.9 Å². The van der Waals surface area contributed by atoms with Gasteiger partial charge in [0.2, 0.25) is 0 Å². The maximum absolute atomic E-state index is 13.1. The van der Waals surface area contributed by atoms with E-state index in [2.05, 4.69) is 10.1 Å². The van der Waals surface area contributed by atoms with Crippen LogP contribution in [0.2, 0.25) is 0 Å². The lowest BCUT2D eigenvalue weighted by atomic mass is 10.1. The van der Waals surface area contributed by atoms with E-state index in [0.29, 0.717) is 10.5 Å². The minimum atomic E-state index is -5.84. The number of alkyl halides is 9. The van der Waals surface area contributed by atoms with Gasteiger partial charge in [-0.3, -0.25) is 9.69 Å². The summed E-state index contributed by atoms with van der Waals surface area (Å²) in [5, 5.41) is 11.4. The summed E-state index contributed by atoms with van der Waals surface area (Å²) in [6, 6.07) is 2.91. The molecular weight excluding hydrogens is 517 g/mol. The summed E-state index contributed by atoms with van der Waals surface area (Å²) in [5.41, 5.74) is -0.456. The van der Waals surface area contributed by atoms with E-state index >= 15 is 0 Å². The molecule has 0 aliphatic carbocycles. The highest BCUT2D eigenvalue weighted by Gasteiger charge is 2.60. The molecule has 2 N–H and O–H groups in total. The fourth-order valence-corrected chi connectivity index (χ4v) is 3.34. The predicted octanol–water partition coefficient (Wildman–Crippen LogP) is 4.73. The molecule has 1 aliphatic rings. The van der Waals surface area contributed by atoms with Gasteiger partial charge in [0.15, 0.2) is 0 Å². The number of halogens is 9. The molecule has 0 aromatic heterocycles. The van der Waals surface area contributed by atoms with Gasteiger partial charge in [-0.25, -0.2) is 4.79 Å². The average Bonchev–Trinajstić information content (AvgIpc) is 2.73. The van der Waals surface area contributed by atoms with Crippen LogP contribution in [-0.2, 0) is 22.3 Å². The number of carbonyl (C=O) groups is 2. The zero-order valence-corrected chi connectivity index (χ0v) is 18.4. The lowest BCUT2D eigenvalue weighted by Crippen LogP contribution is -2.52. The predicted molar refractivity (Wildman–Crippen MR) is 106 cm³/mol. The fourth-order valence-electron chi connectivity index (χ4n) is 3.34. The number of rotatable bonds is 8. The van der Waals surface area contributed by atoms with E-state index in [-0.39, 0.29) is 57.8 Å². The van der Waals surface area contributed by atoms with E-state index in [4.69, 9.17) is 5.11 Å². The zero-order chi connectivity index (χ0) is 27.3. The van der Waals surface area contributed by atoms with Crippen molar-refractivity contribution in [3.63, 3.8) is 0 Å². The molecule has 1 aliphatic heterocycles. The molecule has 1 amide bonds. The molecule has 0 atom stereocenters. The van der Waals surface area contributed by atoms with Crippen molar-refractivity contribution in [1.82, 2.24) is 9.80 Å². The minimum Gasteiger partial charge on any atom is -0.481 e. The van der Waals surface area contributed by atoms with E-state index in [1.807, 2.05) is 0 Å². The molecule has 0 saturated carbocycles. The van der Waals surface area contributed by atoms with Gasteiger partial charge in [0.1, 0.15) is 0 Å². The molecule has 1 saturated heterocycles. The first-order valence-corrected chi connectivity index (χ1v) is 10.5. The molecule has 204 valence electrons. The first kappa shape index (κ1) is 29.3. The molecule has 1 heterocycles. The first-order valence-electron chi connectivity index (χ1n) is 10.5. The first-order chi connectivity index (χ1) is 16.5. The Kier molecular flexibility index (Phi) is 9.31. The maximum atomic E-state index is 13.1. The summed E-state index contributed by atoms with van der Waals surface area (Å²) in [4.78, 5) is 24.8. The summed E-state index contributed by atoms with van der Waals surface area (Å²) in [6.07, 6.45) is -22.4. The lowest BCUT2D eigenvalue weighted by molar-refractivity contribution is -0.308. The SMILES string of the molecule is O=C(O)CCCNc1cc(C(F)(F)F)ccc1CN1CCN(C(=O)OC(C(F)(F)F)C(F)(F)F)CC1. The number of hydrogen-bond acceptors (Lipinski definition) is 5. The third-order valence-electron chi connectivity index (χ3n) is 5.16. The second kappa shape index (κ2) is 11.4. The van der Waals surface area contributed by atoms with Crippen LogP contribution in [0.4, 0.5) is 50.0 Å². The molecular formula is C20H22F9N3O4. The van der Waals surface area contributed by atoms with Gasteiger partial charge in [-0.05, 0) is 24.1 Å². The normalized spacial score (nSPS) is 15.8. The Labute approximate surface area is 198 Å². The molecule has 36 heavy (non-hydrogen) atoms. The van der Waals surface area contributed by atoms with Crippen molar-refractivity contribution >= 4 is 17.7 Å². The zero-order valence-electron chi connectivity index (χ0n) is 18.4. The number of aliphatic carboxylic acids is 1. The summed E-state index contributed by atoms with van der Waals surface area (Å²) >= 11 is 0. The summed E-state index contributed by atoms with van der Waals surface area (Å²) < 4.78 is 119. The topological polar surface area (TPSA) is 82.1 Å². The number of carboxylic acid groups (broad SMARTS) is 1. The molecule has 16 heteroatoms. The summed E-state index contributed by atoms with van der Waals surface area (Å²) in [6.45, 7) is -0.434. The van der Waals surface area contributed by atoms with Crippen molar-refractivity contribution in [2.24, 2.45) is 0 Å². The number of nitrogens with one attached hydrogen (secondary N) is 1. The Morgan fingerprint density at radius 2 is 1.56 bits per heavy atom. The summed E-state index contributed by atoms with van der Waals surface area (Å²) in [5.74, 6) is -1.07. The molecule has 2 rings (SSSR count). The van der Waals surface area contributed by atoms with Crippen LogP contribution in [0, 0.1) is 0 Å². The standard InChI is InChI=1S/C20H22F9N3O4/c21-18(22,23)13-4-3-12(14(10-13)30-5-1-2-15(33)34)11-31-6-8-32(9-7-31)17(35)36-16(19(24,25)26)20(27,28)29/h3-4,10,16,30H,1-2,5-9,11H2,(H,33,34). The maximum Gasteiger partial charge on any atom is 0.434 e. The van der Waals surface area contributed by atoms with Crippen molar-refractivity contribution in [1.29, 1.82) is 0 Å². The van der Waals surface area contributed by atoms with E-state index in [1.54, 1.807) is 4.90 Å².